The summed E-state index contributed by atoms with van der Waals surface area (Å²) in [4.78, 5) is 39.5. The summed E-state index contributed by atoms with van der Waals surface area (Å²) in [6, 6.07) is 13.0. The van der Waals surface area contributed by atoms with E-state index >= 15 is 0 Å². The second-order valence-corrected chi connectivity index (χ2v) is 8.38. The Morgan fingerprint density at radius 3 is 2.93 bits per heavy atom. The van der Waals surface area contributed by atoms with Crippen LogP contribution in [0.15, 0.2) is 47.4 Å². The lowest BCUT2D eigenvalue weighted by atomic mass is 10.1. The Labute approximate surface area is 179 Å². The number of carbonyl (C=O) groups is 3. The monoisotopic (exact) mass is 425 g/mol. The van der Waals surface area contributed by atoms with Crippen molar-refractivity contribution < 1.29 is 19.1 Å². The van der Waals surface area contributed by atoms with Gasteiger partial charge in [-0.3, -0.25) is 14.4 Å². The first-order valence-electron chi connectivity index (χ1n) is 9.89. The molecule has 4 rings (SSSR count). The number of amides is 3. The fraction of sp³-hybridized carbons (Fsp3) is 0.318. The molecule has 0 aliphatic carbocycles. The summed E-state index contributed by atoms with van der Waals surface area (Å²) in [5.74, 6) is 1.03. The molecule has 0 spiro atoms. The molecule has 2 aromatic carbocycles. The van der Waals surface area contributed by atoms with Crippen molar-refractivity contribution in [1.82, 2.24) is 5.32 Å². The molecule has 2 heterocycles. The quantitative estimate of drug-likeness (QED) is 0.769. The molecule has 1 atom stereocenters. The molecular formula is C22H23N3O4S. The number of hydrogen-bond donors (Lipinski definition) is 2. The molecule has 0 aromatic heterocycles. The minimum absolute atomic E-state index is 0.00679. The van der Waals surface area contributed by atoms with E-state index in [0.29, 0.717) is 18.0 Å². The predicted octanol–water partition coefficient (Wildman–Crippen LogP) is 3.11. The maximum atomic E-state index is 12.7. The second-order valence-electron chi connectivity index (χ2n) is 7.24. The zero-order valence-electron chi connectivity index (χ0n) is 16.6. The lowest BCUT2D eigenvalue weighted by molar-refractivity contribution is -0.125. The highest BCUT2D eigenvalue weighted by Crippen LogP contribution is 2.34. The Balaban J connectivity index is 1.32. The van der Waals surface area contributed by atoms with Crippen molar-refractivity contribution in [3.63, 3.8) is 0 Å². The Morgan fingerprint density at radius 2 is 2.07 bits per heavy atom. The van der Waals surface area contributed by atoms with Gasteiger partial charge < -0.3 is 20.3 Å². The molecule has 2 aliphatic rings. The number of hydrogen-bond acceptors (Lipinski definition) is 5. The summed E-state index contributed by atoms with van der Waals surface area (Å²) in [6.45, 7) is 2.53. The van der Waals surface area contributed by atoms with Gasteiger partial charge in [-0.15, -0.1) is 11.8 Å². The third-order valence-electron chi connectivity index (χ3n) is 5.11. The number of para-hydroxylation sites is 1. The highest BCUT2D eigenvalue weighted by atomic mass is 32.2. The van der Waals surface area contributed by atoms with Crippen LogP contribution in [0.1, 0.15) is 31.4 Å². The number of nitrogens with zero attached hydrogens (tertiary/aromatic N) is 1. The van der Waals surface area contributed by atoms with Gasteiger partial charge in [0.25, 0.3) is 5.91 Å². The fourth-order valence-corrected chi connectivity index (χ4v) is 4.55. The molecule has 7 nitrogen and oxygen atoms in total. The van der Waals surface area contributed by atoms with Gasteiger partial charge in [0, 0.05) is 30.0 Å². The highest BCUT2D eigenvalue weighted by molar-refractivity contribution is 7.99. The zero-order valence-corrected chi connectivity index (χ0v) is 17.5. The summed E-state index contributed by atoms with van der Waals surface area (Å²) in [5, 5.41) is 5.69. The van der Waals surface area contributed by atoms with Gasteiger partial charge in [0.05, 0.1) is 17.4 Å². The maximum Gasteiger partial charge on any atom is 0.262 e. The van der Waals surface area contributed by atoms with Crippen molar-refractivity contribution in [1.29, 1.82) is 0 Å². The van der Waals surface area contributed by atoms with Gasteiger partial charge in [-0.2, -0.15) is 0 Å². The average molecular weight is 426 g/mol. The number of nitrogens with one attached hydrogen (secondary N) is 2. The number of rotatable bonds is 5. The Kier molecular flexibility index (Phi) is 5.94. The van der Waals surface area contributed by atoms with Gasteiger partial charge in [0.2, 0.25) is 11.8 Å². The number of carbonyl (C=O) groups excluding carboxylic acids is 3. The molecule has 1 unspecified atom stereocenters. The number of anilines is 2. The van der Waals surface area contributed by atoms with Gasteiger partial charge in [-0.1, -0.05) is 18.2 Å². The predicted molar refractivity (Wildman–Crippen MR) is 116 cm³/mol. The molecule has 0 bridgehead atoms. The SMILES string of the molecule is CC(NC(=O)CCC(=O)N1CCSc2ccccc21)c1ccc2c(c1)NC(=O)CO2. The topological polar surface area (TPSA) is 87.7 Å². The van der Waals surface area contributed by atoms with Gasteiger partial charge >= 0.3 is 0 Å². The number of fused-ring (bicyclic) bond motifs is 2. The molecular weight excluding hydrogens is 402 g/mol. The average Bonchev–Trinajstić information content (AvgIpc) is 2.76. The van der Waals surface area contributed by atoms with E-state index in [9.17, 15) is 14.4 Å². The summed E-state index contributed by atoms with van der Waals surface area (Å²) in [6.07, 6.45) is 0.283. The highest BCUT2D eigenvalue weighted by Gasteiger charge is 2.23. The number of ether oxygens (including phenoxy) is 1. The Hall–Kier alpha value is -3.00. The summed E-state index contributed by atoms with van der Waals surface area (Å²) >= 11 is 1.74. The third kappa shape index (κ3) is 4.43. The van der Waals surface area contributed by atoms with Crippen LogP contribution in [0.3, 0.4) is 0 Å². The van der Waals surface area contributed by atoms with E-state index in [2.05, 4.69) is 10.6 Å². The van der Waals surface area contributed by atoms with Crippen molar-refractivity contribution in [2.75, 3.05) is 29.1 Å². The lowest BCUT2D eigenvalue weighted by Crippen LogP contribution is -2.36. The van der Waals surface area contributed by atoms with Crippen molar-refractivity contribution in [2.24, 2.45) is 0 Å². The van der Waals surface area contributed by atoms with Crippen LogP contribution in [0, 0.1) is 0 Å². The molecule has 156 valence electrons. The van der Waals surface area contributed by atoms with Crippen LogP contribution < -0.4 is 20.3 Å². The van der Waals surface area contributed by atoms with Crippen molar-refractivity contribution in [3.05, 3.63) is 48.0 Å². The molecule has 8 heteroatoms. The van der Waals surface area contributed by atoms with E-state index in [1.807, 2.05) is 37.3 Å². The summed E-state index contributed by atoms with van der Waals surface area (Å²) in [7, 11) is 0. The minimum Gasteiger partial charge on any atom is -0.482 e. The molecule has 0 fully saturated rings. The zero-order chi connectivity index (χ0) is 21.1. The second kappa shape index (κ2) is 8.79. The van der Waals surface area contributed by atoms with Gasteiger partial charge in [-0.05, 0) is 36.8 Å². The first kappa shape index (κ1) is 20.3. The smallest absolute Gasteiger partial charge is 0.262 e. The van der Waals surface area contributed by atoms with Crippen LogP contribution >= 0.6 is 11.8 Å². The van der Waals surface area contributed by atoms with Crippen LogP contribution in [0.4, 0.5) is 11.4 Å². The van der Waals surface area contributed by atoms with Gasteiger partial charge in [0.15, 0.2) is 6.61 Å². The normalized spacial score (nSPS) is 15.9. The Bertz CT molecular complexity index is 994. The third-order valence-corrected chi connectivity index (χ3v) is 6.15. The molecule has 0 radical (unpaired) electrons. The fourth-order valence-electron chi connectivity index (χ4n) is 3.55. The van der Waals surface area contributed by atoms with E-state index in [1.54, 1.807) is 28.8 Å². The largest absolute Gasteiger partial charge is 0.482 e. The van der Waals surface area contributed by atoms with Crippen LogP contribution in [0.2, 0.25) is 0 Å². The van der Waals surface area contributed by atoms with Crippen LogP contribution in [-0.4, -0.2) is 36.6 Å². The van der Waals surface area contributed by atoms with Crippen LogP contribution in [-0.2, 0) is 14.4 Å². The van der Waals surface area contributed by atoms with Gasteiger partial charge in [-0.25, -0.2) is 0 Å². The van der Waals surface area contributed by atoms with Crippen molar-refractivity contribution in [3.8, 4) is 5.75 Å². The molecule has 2 aromatic rings. The van der Waals surface area contributed by atoms with Crippen LogP contribution in [0.25, 0.3) is 0 Å². The van der Waals surface area contributed by atoms with Crippen molar-refractivity contribution in [2.45, 2.75) is 30.7 Å². The first-order valence-corrected chi connectivity index (χ1v) is 10.9. The lowest BCUT2D eigenvalue weighted by Gasteiger charge is -2.29. The molecule has 2 N–H and O–H groups in total. The molecule has 2 aliphatic heterocycles. The summed E-state index contributed by atoms with van der Waals surface area (Å²) < 4.78 is 5.36. The van der Waals surface area contributed by atoms with E-state index < -0.39 is 0 Å². The van der Waals surface area contributed by atoms with E-state index in [-0.39, 0.29) is 43.2 Å². The molecule has 3 amide bonds. The number of benzene rings is 2. The van der Waals surface area contributed by atoms with Crippen molar-refractivity contribution >= 4 is 40.9 Å². The molecule has 0 saturated heterocycles. The van der Waals surface area contributed by atoms with E-state index in [0.717, 1.165) is 21.9 Å². The van der Waals surface area contributed by atoms with Crippen LogP contribution in [0.5, 0.6) is 5.75 Å². The minimum atomic E-state index is -0.260. The maximum absolute atomic E-state index is 12.7. The Morgan fingerprint density at radius 1 is 1.23 bits per heavy atom. The first-order chi connectivity index (χ1) is 14.5. The van der Waals surface area contributed by atoms with Gasteiger partial charge in [0.1, 0.15) is 5.75 Å². The molecule has 0 saturated carbocycles. The van der Waals surface area contributed by atoms with E-state index in [4.69, 9.17) is 4.74 Å². The molecule has 30 heavy (non-hydrogen) atoms. The summed E-state index contributed by atoms with van der Waals surface area (Å²) in [5.41, 5.74) is 2.37. The number of thioether (sulfide) groups is 1. The standard InChI is InChI=1S/C22H23N3O4S/c1-14(15-6-7-18-16(12-15)24-21(27)13-29-18)23-20(26)8-9-22(28)25-10-11-30-19-5-3-2-4-17(19)25/h2-7,12,14H,8-11,13H2,1H3,(H,23,26)(H,24,27). The van der Waals surface area contributed by atoms with E-state index in [1.165, 1.54) is 0 Å².